The van der Waals surface area contributed by atoms with E-state index in [0.717, 1.165) is 18.4 Å². The average Bonchev–Trinajstić information content (AvgIpc) is 2.41. The first-order valence-corrected chi connectivity index (χ1v) is 6.09. The van der Waals surface area contributed by atoms with Gasteiger partial charge in [-0.1, -0.05) is 38.5 Å². The third kappa shape index (κ3) is 3.97. The van der Waals surface area contributed by atoms with Crippen LogP contribution < -0.4 is 5.73 Å². The molecule has 0 spiro atoms. The summed E-state index contributed by atoms with van der Waals surface area (Å²) >= 11 is 0. The summed E-state index contributed by atoms with van der Waals surface area (Å²) < 4.78 is 0. The molecular formula is C12H26N2. The first kappa shape index (κ1) is 12.0. The monoisotopic (exact) mass is 198 g/mol. The topological polar surface area (TPSA) is 29.3 Å². The minimum Gasteiger partial charge on any atom is -0.330 e. The predicted octanol–water partition coefficient (Wildman–Crippen LogP) is 2.09. The molecule has 1 rings (SSSR count). The van der Waals surface area contributed by atoms with Gasteiger partial charge in [0.15, 0.2) is 0 Å². The molecule has 1 saturated carbocycles. The minimum absolute atomic E-state index is 0.725. The van der Waals surface area contributed by atoms with Gasteiger partial charge in [-0.3, -0.25) is 0 Å². The Morgan fingerprint density at radius 1 is 1.14 bits per heavy atom. The zero-order valence-electron chi connectivity index (χ0n) is 9.84. The van der Waals surface area contributed by atoms with E-state index in [4.69, 9.17) is 5.73 Å². The lowest BCUT2D eigenvalue weighted by atomic mass is 9.86. The lowest BCUT2D eigenvalue weighted by molar-refractivity contribution is 0.232. The van der Waals surface area contributed by atoms with E-state index < -0.39 is 0 Å². The fourth-order valence-electron chi connectivity index (χ4n) is 2.67. The van der Waals surface area contributed by atoms with E-state index in [-0.39, 0.29) is 0 Å². The van der Waals surface area contributed by atoms with E-state index in [9.17, 15) is 0 Å². The molecule has 1 aliphatic rings. The summed E-state index contributed by atoms with van der Waals surface area (Å²) in [6.45, 7) is 2.03. The van der Waals surface area contributed by atoms with E-state index >= 15 is 0 Å². The maximum Gasteiger partial charge on any atom is 0.00183 e. The third-order valence-electron chi connectivity index (χ3n) is 3.47. The van der Waals surface area contributed by atoms with Gasteiger partial charge in [0.1, 0.15) is 0 Å². The molecule has 2 nitrogen and oxygen atoms in total. The van der Waals surface area contributed by atoms with Gasteiger partial charge in [0.05, 0.1) is 0 Å². The normalized spacial score (nSPS) is 22.3. The SMILES string of the molecule is CN(C)CC(CN)C1CCCCCC1. The molecule has 0 heterocycles. The van der Waals surface area contributed by atoms with Crippen molar-refractivity contribution < 1.29 is 0 Å². The molecule has 0 aromatic heterocycles. The summed E-state index contributed by atoms with van der Waals surface area (Å²) in [6, 6.07) is 0. The molecule has 0 aromatic carbocycles. The van der Waals surface area contributed by atoms with Gasteiger partial charge < -0.3 is 10.6 Å². The zero-order chi connectivity index (χ0) is 10.4. The second-order valence-electron chi connectivity index (χ2n) is 5.01. The summed E-state index contributed by atoms with van der Waals surface area (Å²) in [5.41, 5.74) is 5.88. The quantitative estimate of drug-likeness (QED) is 0.701. The van der Waals surface area contributed by atoms with Crippen molar-refractivity contribution in [2.24, 2.45) is 17.6 Å². The van der Waals surface area contributed by atoms with E-state index in [2.05, 4.69) is 19.0 Å². The molecule has 0 radical (unpaired) electrons. The van der Waals surface area contributed by atoms with Crippen molar-refractivity contribution in [3.05, 3.63) is 0 Å². The summed E-state index contributed by atoms with van der Waals surface area (Å²) in [5, 5.41) is 0. The summed E-state index contributed by atoms with van der Waals surface area (Å²) in [4.78, 5) is 2.28. The van der Waals surface area contributed by atoms with Gasteiger partial charge >= 0.3 is 0 Å². The molecule has 0 amide bonds. The van der Waals surface area contributed by atoms with Crippen LogP contribution in [0.1, 0.15) is 38.5 Å². The molecule has 1 unspecified atom stereocenters. The number of nitrogens with two attached hydrogens (primary N) is 1. The van der Waals surface area contributed by atoms with E-state index in [1.165, 1.54) is 45.1 Å². The van der Waals surface area contributed by atoms with Gasteiger partial charge in [-0.2, -0.15) is 0 Å². The van der Waals surface area contributed by atoms with Crippen LogP contribution in [0.5, 0.6) is 0 Å². The van der Waals surface area contributed by atoms with Crippen molar-refractivity contribution in [3.63, 3.8) is 0 Å². The van der Waals surface area contributed by atoms with Gasteiger partial charge in [-0.15, -0.1) is 0 Å². The largest absolute Gasteiger partial charge is 0.330 e. The molecule has 0 saturated heterocycles. The molecule has 0 aliphatic heterocycles. The number of rotatable bonds is 4. The van der Waals surface area contributed by atoms with Crippen LogP contribution in [-0.4, -0.2) is 32.1 Å². The standard InChI is InChI=1S/C12H26N2/c1-14(2)10-12(9-13)11-7-5-3-4-6-8-11/h11-12H,3-10,13H2,1-2H3. The Bertz CT molecular complexity index is 137. The smallest absolute Gasteiger partial charge is 0.00183 e. The maximum atomic E-state index is 5.88. The Morgan fingerprint density at radius 2 is 1.71 bits per heavy atom. The highest BCUT2D eigenvalue weighted by Crippen LogP contribution is 2.28. The number of hydrogen-bond acceptors (Lipinski definition) is 2. The van der Waals surface area contributed by atoms with Crippen LogP contribution in [0.3, 0.4) is 0 Å². The summed E-state index contributed by atoms with van der Waals surface area (Å²) in [7, 11) is 4.30. The molecule has 1 atom stereocenters. The van der Waals surface area contributed by atoms with Crippen molar-refractivity contribution >= 4 is 0 Å². The van der Waals surface area contributed by atoms with E-state index in [0.29, 0.717) is 0 Å². The Hall–Kier alpha value is -0.0800. The average molecular weight is 198 g/mol. The van der Waals surface area contributed by atoms with Crippen LogP contribution in [0.25, 0.3) is 0 Å². The third-order valence-corrected chi connectivity index (χ3v) is 3.47. The second-order valence-corrected chi connectivity index (χ2v) is 5.01. The molecule has 14 heavy (non-hydrogen) atoms. The lowest BCUT2D eigenvalue weighted by Gasteiger charge is -2.27. The van der Waals surface area contributed by atoms with Crippen LogP contribution in [0, 0.1) is 11.8 Å². The highest BCUT2D eigenvalue weighted by atomic mass is 15.1. The minimum atomic E-state index is 0.725. The van der Waals surface area contributed by atoms with Crippen molar-refractivity contribution in [3.8, 4) is 0 Å². The second kappa shape index (κ2) is 6.41. The maximum absolute atomic E-state index is 5.88. The first-order chi connectivity index (χ1) is 6.74. The molecular weight excluding hydrogens is 172 g/mol. The summed E-state index contributed by atoms with van der Waals surface area (Å²) in [6.07, 6.45) is 8.56. The van der Waals surface area contributed by atoms with Gasteiger partial charge in [-0.05, 0) is 32.5 Å². The fourth-order valence-corrected chi connectivity index (χ4v) is 2.67. The molecule has 84 valence electrons. The van der Waals surface area contributed by atoms with Crippen molar-refractivity contribution in [2.75, 3.05) is 27.2 Å². The van der Waals surface area contributed by atoms with E-state index in [1.807, 2.05) is 0 Å². The van der Waals surface area contributed by atoms with Gasteiger partial charge in [0.25, 0.3) is 0 Å². The molecule has 2 heteroatoms. The number of hydrogen-bond donors (Lipinski definition) is 1. The van der Waals surface area contributed by atoms with Crippen LogP contribution >= 0.6 is 0 Å². The molecule has 0 aromatic rings. The molecule has 0 bridgehead atoms. The molecule has 1 fully saturated rings. The van der Waals surface area contributed by atoms with Crippen LogP contribution in [-0.2, 0) is 0 Å². The van der Waals surface area contributed by atoms with E-state index in [1.54, 1.807) is 0 Å². The Labute approximate surface area is 88.8 Å². The van der Waals surface area contributed by atoms with Crippen LogP contribution in [0.15, 0.2) is 0 Å². The van der Waals surface area contributed by atoms with Crippen molar-refractivity contribution in [2.45, 2.75) is 38.5 Å². The molecule has 2 N–H and O–H groups in total. The van der Waals surface area contributed by atoms with Gasteiger partial charge in [-0.25, -0.2) is 0 Å². The van der Waals surface area contributed by atoms with Crippen molar-refractivity contribution in [1.82, 2.24) is 4.90 Å². The highest BCUT2D eigenvalue weighted by Gasteiger charge is 2.21. The lowest BCUT2D eigenvalue weighted by Crippen LogP contribution is -2.33. The van der Waals surface area contributed by atoms with Gasteiger partial charge in [0, 0.05) is 6.54 Å². The predicted molar refractivity (Wildman–Crippen MR) is 62.3 cm³/mol. The van der Waals surface area contributed by atoms with Crippen LogP contribution in [0.4, 0.5) is 0 Å². The Balaban J connectivity index is 2.40. The fraction of sp³-hybridized carbons (Fsp3) is 1.00. The highest BCUT2D eigenvalue weighted by molar-refractivity contribution is 4.75. The van der Waals surface area contributed by atoms with Crippen LogP contribution in [0.2, 0.25) is 0 Å². The molecule has 1 aliphatic carbocycles. The Kier molecular flexibility index (Phi) is 5.49. The Morgan fingerprint density at radius 3 is 2.14 bits per heavy atom. The zero-order valence-corrected chi connectivity index (χ0v) is 9.84. The van der Waals surface area contributed by atoms with Crippen molar-refractivity contribution in [1.29, 1.82) is 0 Å². The summed E-state index contributed by atoms with van der Waals surface area (Å²) in [5.74, 6) is 1.62. The van der Waals surface area contributed by atoms with Gasteiger partial charge in [0.2, 0.25) is 0 Å². The first-order valence-electron chi connectivity index (χ1n) is 6.09. The number of nitrogens with zero attached hydrogens (tertiary/aromatic N) is 1.